The van der Waals surface area contributed by atoms with Crippen LogP contribution in [0.2, 0.25) is 0 Å². The van der Waals surface area contributed by atoms with Crippen LogP contribution in [0.15, 0.2) is 0 Å². The lowest BCUT2D eigenvalue weighted by Crippen LogP contribution is -2.44. The Kier molecular flexibility index (Phi) is 3.91. The van der Waals surface area contributed by atoms with Gasteiger partial charge in [0.1, 0.15) is 0 Å². The minimum atomic E-state index is -0.0855. The third kappa shape index (κ3) is 2.78. The molecule has 1 N–H and O–H groups in total. The maximum absolute atomic E-state index is 10.3. The lowest BCUT2D eigenvalue weighted by atomic mass is 9.85. The summed E-state index contributed by atoms with van der Waals surface area (Å²) in [7, 11) is 0. The van der Waals surface area contributed by atoms with Gasteiger partial charge in [-0.15, -0.1) is 0 Å². The van der Waals surface area contributed by atoms with Gasteiger partial charge in [-0.1, -0.05) is 19.3 Å². The van der Waals surface area contributed by atoms with Crippen LogP contribution in [0.25, 0.3) is 0 Å². The summed E-state index contributed by atoms with van der Waals surface area (Å²) in [6, 6.07) is 0. The molecule has 2 rings (SSSR count). The lowest BCUT2D eigenvalue weighted by Gasteiger charge is -2.36. The van der Waals surface area contributed by atoms with Crippen molar-refractivity contribution in [2.45, 2.75) is 70.4 Å². The molecule has 0 aromatic rings. The Hall–Kier alpha value is -0.0800. The van der Waals surface area contributed by atoms with Crippen molar-refractivity contribution < 1.29 is 5.11 Å². The van der Waals surface area contributed by atoms with E-state index in [1.807, 2.05) is 0 Å². The highest BCUT2D eigenvalue weighted by Gasteiger charge is 2.34. The summed E-state index contributed by atoms with van der Waals surface area (Å²) < 4.78 is 0. The van der Waals surface area contributed by atoms with Gasteiger partial charge in [0.05, 0.1) is 6.10 Å². The summed E-state index contributed by atoms with van der Waals surface area (Å²) in [5, 5.41) is 10.3. The van der Waals surface area contributed by atoms with Crippen LogP contribution in [-0.4, -0.2) is 34.7 Å². The first-order chi connectivity index (χ1) is 7.59. The first kappa shape index (κ1) is 12.4. The fraction of sp³-hybridized carbons (Fsp3) is 1.00. The van der Waals surface area contributed by atoms with Crippen LogP contribution in [0, 0.1) is 5.92 Å². The van der Waals surface area contributed by atoms with Gasteiger partial charge in [-0.3, -0.25) is 4.90 Å². The predicted octanol–water partition coefficient (Wildman–Crippen LogP) is 2.80. The molecule has 1 unspecified atom stereocenters. The average Bonchev–Trinajstić information content (AvgIpc) is 2.59. The molecule has 0 bridgehead atoms. The zero-order chi connectivity index (χ0) is 11.6. The van der Waals surface area contributed by atoms with Gasteiger partial charge in [0.15, 0.2) is 0 Å². The average molecular weight is 225 g/mol. The molecule has 0 radical (unpaired) electrons. The highest BCUT2D eigenvalue weighted by atomic mass is 16.3. The fourth-order valence-electron chi connectivity index (χ4n) is 3.40. The van der Waals surface area contributed by atoms with Crippen LogP contribution < -0.4 is 0 Å². The monoisotopic (exact) mass is 225 g/mol. The topological polar surface area (TPSA) is 23.5 Å². The maximum atomic E-state index is 10.3. The van der Waals surface area contributed by atoms with E-state index in [2.05, 4.69) is 18.7 Å². The van der Waals surface area contributed by atoms with E-state index in [1.54, 1.807) is 0 Å². The normalized spacial score (nSPS) is 29.4. The van der Waals surface area contributed by atoms with E-state index in [-0.39, 0.29) is 6.10 Å². The van der Waals surface area contributed by atoms with Crippen LogP contribution in [0.4, 0.5) is 0 Å². The van der Waals surface area contributed by atoms with Crippen molar-refractivity contribution in [1.82, 2.24) is 4.90 Å². The van der Waals surface area contributed by atoms with E-state index in [1.165, 1.54) is 51.5 Å². The summed E-state index contributed by atoms with van der Waals surface area (Å²) in [5.41, 5.74) is 0.315. The number of β-amino-alcohol motifs (C(OH)–C–C–N with tert-alkyl or cyclic N) is 1. The Balaban J connectivity index is 1.84. The van der Waals surface area contributed by atoms with E-state index in [4.69, 9.17) is 0 Å². The Labute approximate surface area is 100 Å². The van der Waals surface area contributed by atoms with Gasteiger partial charge in [-0.05, 0) is 52.0 Å². The molecule has 1 aliphatic heterocycles. The van der Waals surface area contributed by atoms with Crippen molar-refractivity contribution in [3.8, 4) is 0 Å². The van der Waals surface area contributed by atoms with Crippen molar-refractivity contribution in [2.75, 3.05) is 13.1 Å². The number of likely N-dealkylation sites (tertiary alicyclic amines) is 1. The summed E-state index contributed by atoms with van der Waals surface area (Å²) in [6.45, 7) is 6.70. The second-order valence-electron chi connectivity index (χ2n) is 6.33. The van der Waals surface area contributed by atoms with Crippen molar-refractivity contribution in [2.24, 2.45) is 5.92 Å². The molecule has 1 heterocycles. The summed E-state index contributed by atoms with van der Waals surface area (Å²) in [4.78, 5) is 2.49. The van der Waals surface area contributed by atoms with Crippen molar-refractivity contribution in [3.63, 3.8) is 0 Å². The second-order valence-corrected chi connectivity index (χ2v) is 6.33. The molecule has 1 atom stereocenters. The van der Waals surface area contributed by atoms with E-state index in [0.29, 0.717) is 11.5 Å². The Bertz CT molecular complexity index is 221. The molecule has 0 amide bonds. The van der Waals surface area contributed by atoms with Crippen LogP contribution in [0.1, 0.15) is 58.8 Å². The van der Waals surface area contributed by atoms with Crippen LogP contribution in [-0.2, 0) is 0 Å². The molecule has 2 aliphatic rings. The molecule has 1 saturated heterocycles. The standard InChI is InChI=1S/C14H27NO/c1-14(2)9-6-10-15(14)11-13(16)12-7-4-3-5-8-12/h12-13,16H,3-11H2,1-2H3. The predicted molar refractivity (Wildman–Crippen MR) is 67.5 cm³/mol. The van der Waals surface area contributed by atoms with Gasteiger partial charge in [0.25, 0.3) is 0 Å². The van der Waals surface area contributed by atoms with Crippen molar-refractivity contribution >= 4 is 0 Å². The summed E-state index contributed by atoms with van der Waals surface area (Å²) >= 11 is 0. The molecular weight excluding hydrogens is 198 g/mol. The molecule has 0 aromatic heterocycles. The Morgan fingerprint density at radius 1 is 1.19 bits per heavy atom. The zero-order valence-electron chi connectivity index (χ0n) is 10.9. The largest absolute Gasteiger partial charge is 0.392 e. The van der Waals surface area contributed by atoms with Gasteiger partial charge < -0.3 is 5.11 Å². The van der Waals surface area contributed by atoms with Gasteiger partial charge in [0, 0.05) is 12.1 Å². The molecule has 16 heavy (non-hydrogen) atoms. The number of nitrogens with zero attached hydrogens (tertiary/aromatic N) is 1. The van der Waals surface area contributed by atoms with E-state index in [0.717, 1.165) is 6.54 Å². The molecule has 1 aliphatic carbocycles. The number of hydrogen-bond donors (Lipinski definition) is 1. The van der Waals surface area contributed by atoms with E-state index < -0.39 is 0 Å². The minimum absolute atomic E-state index is 0.0855. The van der Waals surface area contributed by atoms with Crippen molar-refractivity contribution in [1.29, 1.82) is 0 Å². The molecule has 2 nitrogen and oxygen atoms in total. The number of hydrogen-bond acceptors (Lipinski definition) is 2. The van der Waals surface area contributed by atoms with E-state index in [9.17, 15) is 5.11 Å². The van der Waals surface area contributed by atoms with E-state index >= 15 is 0 Å². The smallest absolute Gasteiger partial charge is 0.0695 e. The number of aliphatic hydroxyl groups excluding tert-OH is 1. The first-order valence-electron chi connectivity index (χ1n) is 7.03. The minimum Gasteiger partial charge on any atom is -0.392 e. The molecule has 2 heteroatoms. The second kappa shape index (κ2) is 5.05. The van der Waals surface area contributed by atoms with Crippen molar-refractivity contribution in [3.05, 3.63) is 0 Å². The van der Waals surface area contributed by atoms with Gasteiger partial charge >= 0.3 is 0 Å². The fourth-order valence-corrected chi connectivity index (χ4v) is 3.40. The number of aliphatic hydroxyl groups is 1. The SMILES string of the molecule is CC1(C)CCCN1CC(O)C1CCCCC1. The Morgan fingerprint density at radius 3 is 2.44 bits per heavy atom. The molecule has 0 aromatic carbocycles. The van der Waals surface area contributed by atoms with Crippen LogP contribution >= 0.6 is 0 Å². The third-order valence-electron chi connectivity index (χ3n) is 4.67. The molecule has 1 saturated carbocycles. The third-order valence-corrected chi connectivity index (χ3v) is 4.67. The quantitative estimate of drug-likeness (QED) is 0.798. The summed E-state index contributed by atoms with van der Waals surface area (Å²) in [6.07, 6.45) is 9.01. The Morgan fingerprint density at radius 2 is 1.88 bits per heavy atom. The first-order valence-corrected chi connectivity index (χ1v) is 7.03. The molecule has 2 fully saturated rings. The lowest BCUT2D eigenvalue weighted by molar-refractivity contribution is 0.0283. The molecule has 0 spiro atoms. The van der Waals surface area contributed by atoms with Crippen LogP contribution in [0.5, 0.6) is 0 Å². The number of rotatable bonds is 3. The van der Waals surface area contributed by atoms with Gasteiger partial charge in [-0.25, -0.2) is 0 Å². The zero-order valence-corrected chi connectivity index (χ0v) is 10.9. The highest BCUT2D eigenvalue weighted by Crippen LogP contribution is 2.31. The van der Waals surface area contributed by atoms with Gasteiger partial charge in [0.2, 0.25) is 0 Å². The highest BCUT2D eigenvalue weighted by molar-refractivity contribution is 4.90. The molecule has 94 valence electrons. The van der Waals surface area contributed by atoms with Gasteiger partial charge in [-0.2, -0.15) is 0 Å². The van der Waals surface area contributed by atoms with Crippen LogP contribution in [0.3, 0.4) is 0 Å². The maximum Gasteiger partial charge on any atom is 0.0695 e. The summed E-state index contributed by atoms with van der Waals surface area (Å²) in [5.74, 6) is 0.574. The molecular formula is C14H27NO.